The van der Waals surface area contributed by atoms with E-state index in [9.17, 15) is 27.6 Å². The molecule has 0 radical (unpaired) electrons. The number of carbonyl (C=O) groups is 3. The van der Waals surface area contributed by atoms with Crippen molar-refractivity contribution in [3.05, 3.63) is 94.9 Å². The van der Waals surface area contributed by atoms with E-state index >= 15 is 0 Å². The van der Waals surface area contributed by atoms with Crippen molar-refractivity contribution in [2.75, 3.05) is 19.7 Å². The molecular formula is C29H28F3N3O5. The smallest absolute Gasteiger partial charge is 0.416 e. The van der Waals surface area contributed by atoms with Gasteiger partial charge in [0.05, 0.1) is 18.4 Å². The van der Waals surface area contributed by atoms with Gasteiger partial charge in [-0.05, 0) is 48.9 Å². The zero-order valence-electron chi connectivity index (χ0n) is 21.7. The second kappa shape index (κ2) is 10.8. The van der Waals surface area contributed by atoms with Crippen molar-refractivity contribution in [2.24, 2.45) is 0 Å². The predicted molar refractivity (Wildman–Crippen MR) is 137 cm³/mol. The van der Waals surface area contributed by atoms with E-state index in [1.807, 2.05) is 25.1 Å². The number of likely N-dealkylation sites (tertiary alicyclic amines) is 1. The Labute approximate surface area is 228 Å². The number of halogens is 3. The van der Waals surface area contributed by atoms with Crippen LogP contribution in [0, 0.1) is 6.92 Å². The number of nitrogens with one attached hydrogen (secondary N) is 1. The molecule has 2 aliphatic rings. The fourth-order valence-electron chi connectivity index (χ4n) is 5.27. The first kappa shape index (κ1) is 27.4. The highest BCUT2D eigenvalue weighted by Crippen LogP contribution is 2.39. The van der Waals surface area contributed by atoms with Crippen LogP contribution in [0.1, 0.15) is 50.4 Å². The van der Waals surface area contributed by atoms with Crippen LogP contribution in [-0.4, -0.2) is 59.0 Å². The lowest BCUT2D eigenvalue weighted by Crippen LogP contribution is -2.59. The summed E-state index contributed by atoms with van der Waals surface area (Å²) in [6.45, 7) is 2.24. The molecule has 2 fully saturated rings. The highest BCUT2D eigenvalue weighted by atomic mass is 19.4. The van der Waals surface area contributed by atoms with E-state index in [4.69, 9.17) is 9.15 Å². The number of alkyl halides is 3. The second-order valence-corrected chi connectivity index (χ2v) is 10.0. The molecule has 3 aromatic rings. The van der Waals surface area contributed by atoms with E-state index < -0.39 is 35.3 Å². The van der Waals surface area contributed by atoms with Gasteiger partial charge >= 0.3 is 6.18 Å². The van der Waals surface area contributed by atoms with Crippen molar-refractivity contribution in [1.29, 1.82) is 0 Å². The Morgan fingerprint density at radius 1 is 1.00 bits per heavy atom. The van der Waals surface area contributed by atoms with Gasteiger partial charge in [-0.1, -0.05) is 29.8 Å². The summed E-state index contributed by atoms with van der Waals surface area (Å²) in [6, 6.07) is 14.0. The van der Waals surface area contributed by atoms with Gasteiger partial charge in [0, 0.05) is 38.0 Å². The molecule has 1 spiro atoms. The average molecular weight is 556 g/mol. The quantitative estimate of drug-likeness (QED) is 0.504. The van der Waals surface area contributed by atoms with E-state index in [0.29, 0.717) is 18.7 Å². The molecule has 210 valence electrons. The first-order chi connectivity index (χ1) is 19.1. The largest absolute Gasteiger partial charge is 0.459 e. The number of aryl methyl sites for hydroxylation is 1. The standard InChI is InChI=1S/C29H28F3N3O5/c1-19-5-2-7-21(15-19)26(37)34-12-10-28(11-13-34)35(27(38)24-9-4-14-39-24)23(18-40-28)25(36)33-17-20-6-3-8-22(16-20)29(30,31)32/h2-9,14-16,23H,10-13,17-18H2,1H3,(H,33,36)/t23-/m1/s1. The number of ether oxygens (including phenoxy) is 1. The fourth-order valence-corrected chi connectivity index (χ4v) is 5.27. The van der Waals surface area contributed by atoms with Crippen molar-refractivity contribution in [3.63, 3.8) is 0 Å². The van der Waals surface area contributed by atoms with Crippen molar-refractivity contribution in [1.82, 2.24) is 15.1 Å². The highest BCUT2D eigenvalue weighted by molar-refractivity contribution is 5.97. The Morgan fingerprint density at radius 2 is 1.75 bits per heavy atom. The first-order valence-electron chi connectivity index (χ1n) is 12.9. The van der Waals surface area contributed by atoms with Gasteiger partial charge in [-0.25, -0.2) is 0 Å². The van der Waals surface area contributed by atoms with Crippen molar-refractivity contribution in [3.8, 4) is 0 Å². The topological polar surface area (TPSA) is 92.1 Å². The van der Waals surface area contributed by atoms with E-state index in [1.165, 1.54) is 29.4 Å². The van der Waals surface area contributed by atoms with Crippen LogP contribution in [0.15, 0.2) is 71.3 Å². The third-order valence-corrected chi connectivity index (χ3v) is 7.33. The number of rotatable bonds is 5. The molecule has 0 aliphatic carbocycles. The van der Waals surface area contributed by atoms with Gasteiger partial charge < -0.3 is 19.4 Å². The number of nitrogens with zero attached hydrogens (tertiary/aromatic N) is 2. The van der Waals surface area contributed by atoms with Gasteiger partial charge in [-0.2, -0.15) is 13.2 Å². The van der Waals surface area contributed by atoms with Gasteiger partial charge in [0.25, 0.3) is 11.8 Å². The molecule has 1 aromatic heterocycles. The molecule has 2 saturated heterocycles. The third kappa shape index (κ3) is 5.46. The van der Waals surface area contributed by atoms with Crippen LogP contribution in [-0.2, 0) is 22.3 Å². The molecule has 2 aliphatic heterocycles. The van der Waals surface area contributed by atoms with Crippen LogP contribution < -0.4 is 5.32 Å². The summed E-state index contributed by atoms with van der Waals surface area (Å²) in [5, 5.41) is 2.65. The molecule has 1 atom stereocenters. The van der Waals surface area contributed by atoms with E-state index in [-0.39, 0.29) is 43.2 Å². The van der Waals surface area contributed by atoms with Crippen LogP contribution in [0.5, 0.6) is 0 Å². The number of hydrogen-bond donors (Lipinski definition) is 1. The number of amides is 3. The molecule has 3 amide bonds. The summed E-state index contributed by atoms with van der Waals surface area (Å²) < 4.78 is 50.8. The van der Waals surface area contributed by atoms with Crippen molar-refractivity contribution < 1.29 is 36.7 Å². The maximum atomic E-state index is 13.6. The minimum Gasteiger partial charge on any atom is -0.459 e. The van der Waals surface area contributed by atoms with Crippen LogP contribution in [0.2, 0.25) is 0 Å². The van der Waals surface area contributed by atoms with Crippen molar-refractivity contribution >= 4 is 17.7 Å². The van der Waals surface area contributed by atoms with Crippen LogP contribution in [0.3, 0.4) is 0 Å². The normalized spacial score (nSPS) is 18.6. The monoisotopic (exact) mass is 555 g/mol. The molecule has 11 heteroatoms. The Morgan fingerprint density at radius 3 is 2.42 bits per heavy atom. The van der Waals surface area contributed by atoms with Gasteiger partial charge in [0.15, 0.2) is 5.76 Å². The van der Waals surface area contributed by atoms with Gasteiger partial charge in [-0.3, -0.25) is 19.3 Å². The molecule has 0 bridgehead atoms. The predicted octanol–water partition coefficient (Wildman–Crippen LogP) is 4.40. The second-order valence-electron chi connectivity index (χ2n) is 10.0. The molecule has 0 unspecified atom stereocenters. The lowest BCUT2D eigenvalue weighted by Gasteiger charge is -2.44. The number of furan rings is 1. The van der Waals surface area contributed by atoms with Crippen LogP contribution in [0.4, 0.5) is 13.2 Å². The van der Waals surface area contributed by atoms with Gasteiger partial charge in [0.1, 0.15) is 11.8 Å². The molecule has 0 saturated carbocycles. The summed E-state index contributed by atoms with van der Waals surface area (Å²) in [7, 11) is 0. The molecule has 3 heterocycles. The van der Waals surface area contributed by atoms with E-state index in [1.54, 1.807) is 17.0 Å². The molecule has 1 N–H and O–H groups in total. The summed E-state index contributed by atoms with van der Waals surface area (Å²) in [6.07, 6.45) is -2.61. The Balaban J connectivity index is 1.32. The SMILES string of the molecule is Cc1cccc(C(=O)N2CCC3(CC2)OC[C@H](C(=O)NCc2cccc(C(F)(F)F)c2)N3C(=O)c2ccco2)c1. The van der Waals surface area contributed by atoms with Crippen molar-refractivity contribution in [2.45, 2.75) is 44.3 Å². The zero-order valence-corrected chi connectivity index (χ0v) is 21.7. The van der Waals surface area contributed by atoms with Crippen LogP contribution in [0.25, 0.3) is 0 Å². The summed E-state index contributed by atoms with van der Waals surface area (Å²) in [5.74, 6) is -1.21. The highest BCUT2D eigenvalue weighted by Gasteiger charge is 2.54. The Hall–Kier alpha value is -4.12. The summed E-state index contributed by atoms with van der Waals surface area (Å²) in [5.41, 5.74) is -0.162. The van der Waals surface area contributed by atoms with Gasteiger partial charge in [-0.15, -0.1) is 0 Å². The average Bonchev–Trinajstić information content (AvgIpc) is 3.60. The van der Waals surface area contributed by atoms with E-state index in [0.717, 1.165) is 17.7 Å². The summed E-state index contributed by atoms with van der Waals surface area (Å²) in [4.78, 5) is 43.0. The summed E-state index contributed by atoms with van der Waals surface area (Å²) >= 11 is 0. The van der Waals surface area contributed by atoms with Crippen LogP contribution >= 0.6 is 0 Å². The molecule has 40 heavy (non-hydrogen) atoms. The number of benzene rings is 2. The maximum Gasteiger partial charge on any atom is 0.416 e. The molecule has 8 nitrogen and oxygen atoms in total. The molecular weight excluding hydrogens is 527 g/mol. The minimum absolute atomic E-state index is 0.0267. The fraction of sp³-hybridized carbons (Fsp3) is 0.345. The first-order valence-corrected chi connectivity index (χ1v) is 12.9. The zero-order chi connectivity index (χ0) is 28.5. The maximum absolute atomic E-state index is 13.6. The van der Waals surface area contributed by atoms with Gasteiger partial charge in [0.2, 0.25) is 5.91 Å². The Bertz CT molecular complexity index is 1400. The number of hydrogen-bond acceptors (Lipinski definition) is 5. The molecule has 2 aromatic carbocycles. The number of piperidine rings is 1. The third-order valence-electron chi connectivity index (χ3n) is 7.33. The number of carbonyl (C=O) groups excluding carboxylic acids is 3. The van der Waals surface area contributed by atoms with E-state index in [2.05, 4.69) is 5.32 Å². The molecule has 5 rings (SSSR count). The minimum atomic E-state index is -4.51. The lowest BCUT2D eigenvalue weighted by atomic mass is 9.96. The Kier molecular flexibility index (Phi) is 7.41. The lowest BCUT2D eigenvalue weighted by molar-refractivity contribution is -0.137.